The van der Waals surface area contributed by atoms with Gasteiger partial charge in [-0.25, -0.2) is 9.18 Å². The van der Waals surface area contributed by atoms with Crippen molar-refractivity contribution in [1.82, 2.24) is 0 Å². The molecule has 0 amide bonds. The summed E-state index contributed by atoms with van der Waals surface area (Å²) >= 11 is 0. The Kier molecular flexibility index (Phi) is 5.23. The summed E-state index contributed by atoms with van der Waals surface area (Å²) in [5.41, 5.74) is 1.08. The van der Waals surface area contributed by atoms with Gasteiger partial charge in [0.15, 0.2) is 12.4 Å². The van der Waals surface area contributed by atoms with Crippen molar-refractivity contribution in [3.63, 3.8) is 0 Å². The molecule has 2 aromatic rings. The Hall–Kier alpha value is -3.15. The third-order valence-corrected chi connectivity index (χ3v) is 3.97. The summed E-state index contributed by atoms with van der Waals surface area (Å²) in [4.78, 5) is 24.4. The van der Waals surface area contributed by atoms with Crippen LogP contribution in [0.5, 0.6) is 11.5 Å². The molecule has 0 aliphatic carbocycles. The maximum absolute atomic E-state index is 13.0. The van der Waals surface area contributed by atoms with Crippen LogP contribution in [0.4, 0.5) is 4.39 Å². The van der Waals surface area contributed by atoms with E-state index in [1.165, 1.54) is 12.1 Å². The highest BCUT2D eigenvalue weighted by atomic mass is 19.1. The fourth-order valence-corrected chi connectivity index (χ4v) is 2.74. The number of esters is 1. The smallest absolute Gasteiger partial charge is 0.344 e. The van der Waals surface area contributed by atoms with Crippen molar-refractivity contribution in [1.29, 1.82) is 0 Å². The van der Waals surface area contributed by atoms with E-state index in [1.807, 2.05) is 0 Å². The van der Waals surface area contributed by atoms with E-state index >= 15 is 0 Å². The lowest BCUT2D eigenvalue weighted by molar-refractivity contribution is -0.157. The number of ketones is 1. The van der Waals surface area contributed by atoms with Gasteiger partial charge < -0.3 is 14.2 Å². The third kappa shape index (κ3) is 4.39. The highest BCUT2D eigenvalue weighted by molar-refractivity contribution is 6.14. The summed E-state index contributed by atoms with van der Waals surface area (Å²) in [5, 5.41) is 0. The van der Waals surface area contributed by atoms with Crippen LogP contribution in [0.25, 0.3) is 6.08 Å². The number of rotatable bonds is 4. The standard InChI is InChI=1S/C22H21FO5/c1-13-17(26-12-19(24)28-22(2,3)4)10-9-16-20(25)18(27-21(13)16)11-14-5-7-15(23)8-6-14/h5-11H,12H2,1-4H3/b18-11-. The van der Waals surface area contributed by atoms with E-state index in [-0.39, 0.29) is 24.0 Å². The second-order valence-electron chi connectivity index (χ2n) is 7.43. The second kappa shape index (κ2) is 7.46. The molecule has 0 spiro atoms. The normalized spacial score (nSPS) is 14.6. The van der Waals surface area contributed by atoms with Crippen LogP contribution in [-0.2, 0) is 9.53 Å². The number of halogens is 1. The van der Waals surface area contributed by atoms with E-state index in [9.17, 15) is 14.0 Å². The minimum atomic E-state index is -0.594. The molecule has 0 radical (unpaired) electrons. The number of carbonyl (C=O) groups is 2. The SMILES string of the molecule is Cc1c(OCC(=O)OC(C)(C)C)ccc2c1O/C(=C\c1ccc(F)cc1)C2=O. The van der Waals surface area contributed by atoms with Crippen molar-refractivity contribution >= 4 is 17.8 Å². The van der Waals surface area contributed by atoms with Crippen molar-refractivity contribution in [2.24, 2.45) is 0 Å². The summed E-state index contributed by atoms with van der Waals surface area (Å²) in [5.74, 6) is -0.136. The van der Waals surface area contributed by atoms with E-state index < -0.39 is 11.6 Å². The largest absolute Gasteiger partial charge is 0.481 e. The molecule has 1 aliphatic rings. The van der Waals surface area contributed by atoms with E-state index in [2.05, 4.69) is 0 Å². The van der Waals surface area contributed by atoms with Gasteiger partial charge in [-0.2, -0.15) is 0 Å². The predicted molar refractivity (Wildman–Crippen MR) is 102 cm³/mol. The number of carbonyl (C=O) groups excluding carboxylic acids is 2. The number of fused-ring (bicyclic) bond motifs is 1. The van der Waals surface area contributed by atoms with E-state index in [0.29, 0.717) is 28.2 Å². The van der Waals surface area contributed by atoms with Crippen molar-refractivity contribution in [3.8, 4) is 11.5 Å². The molecule has 6 heteroatoms. The van der Waals surface area contributed by atoms with Crippen LogP contribution in [0.1, 0.15) is 42.3 Å². The number of Topliss-reactive ketones (excluding diaryl/α,β-unsaturated/α-hetero) is 1. The van der Waals surface area contributed by atoms with Gasteiger partial charge >= 0.3 is 5.97 Å². The maximum atomic E-state index is 13.0. The number of ether oxygens (including phenoxy) is 3. The number of benzene rings is 2. The summed E-state index contributed by atoms with van der Waals surface area (Å²) in [6.07, 6.45) is 1.56. The number of hydrogen-bond acceptors (Lipinski definition) is 5. The predicted octanol–water partition coefficient (Wildman–Crippen LogP) is 4.47. The van der Waals surface area contributed by atoms with Gasteiger partial charge in [-0.1, -0.05) is 12.1 Å². The highest BCUT2D eigenvalue weighted by Crippen LogP contribution is 2.39. The van der Waals surface area contributed by atoms with Crippen molar-refractivity contribution in [2.45, 2.75) is 33.3 Å². The molecule has 0 unspecified atom stereocenters. The van der Waals surface area contributed by atoms with Crippen LogP contribution < -0.4 is 9.47 Å². The molecule has 2 aromatic carbocycles. The van der Waals surface area contributed by atoms with Crippen LogP contribution in [0.3, 0.4) is 0 Å². The van der Waals surface area contributed by atoms with E-state index in [1.54, 1.807) is 58.0 Å². The average molecular weight is 384 g/mol. The molecule has 0 fully saturated rings. The first kappa shape index (κ1) is 19.6. The molecule has 1 aliphatic heterocycles. The molecule has 0 atom stereocenters. The van der Waals surface area contributed by atoms with Gasteiger partial charge in [0.1, 0.15) is 22.9 Å². The zero-order valence-electron chi connectivity index (χ0n) is 16.2. The molecule has 0 saturated heterocycles. The molecule has 3 rings (SSSR count). The summed E-state index contributed by atoms with van der Waals surface area (Å²) in [7, 11) is 0. The summed E-state index contributed by atoms with van der Waals surface area (Å²) in [6.45, 7) is 6.83. The Morgan fingerprint density at radius 1 is 1.14 bits per heavy atom. The second-order valence-corrected chi connectivity index (χ2v) is 7.43. The minimum Gasteiger partial charge on any atom is -0.481 e. The van der Waals surface area contributed by atoms with Gasteiger partial charge in [-0.05, 0) is 63.6 Å². The van der Waals surface area contributed by atoms with Gasteiger partial charge in [-0.15, -0.1) is 0 Å². The Morgan fingerprint density at radius 2 is 1.82 bits per heavy atom. The molecule has 1 heterocycles. The van der Waals surface area contributed by atoms with Crippen molar-refractivity contribution < 1.29 is 28.2 Å². The highest BCUT2D eigenvalue weighted by Gasteiger charge is 2.30. The first-order valence-electron chi connectivity index (χ1n) is 8.82. The molecular weight excluding hydrogens is 363 g/mol. The van der Waals surface area contributed by atoms with Gasteiger partial charge in [0, 0.05) is 5.56 Å². The van der Waals surface area contributed by atoms with Gasteiger partial charge in [0.2, 0.25) is 5.78 Å². The lowest BCUT2D eigenvalue weighted by atomic mass is 10.1. The first-order valence-corrected chi connectivity index (χ1v) is 8.82. The quantitative estimate of drug-likeness (QED) is 0.575. The van der Waals surface area contributed by atoms with E-state index in [4.69, 9.17) is 14.2 Å². The Morgan fingerprint density at radius 3 is 2.46 bits per heavy atom. The molecule has 0 N–H and O–H groups in total. The first-order chi connectivity index (χ1) is 13.1. The zero-order valence-corrected chi connectivity index (χ0v) is 16.2. The van der Waals surface area contributed by atoms with Crippen LogP contribution in [0.2, 0.25) is 0 Å². The number of allylic oxidation sites excluding steroid dienone is 1. The van der Waals surface area contributed by atoms with Crippen LogP contribution in [-0.4, -0.2) is 24.0 Å². The maximum Gasteiger partial charge on any atom is 0.344 e. The average Bonchev–Trinajstić information content (AvgIpc) is 2.92. The van der Waals surface area contributed by atoms with E-state index in [0.717, 1.165) is 0 Å². The Balaban J connectivity index is 1.77. The lowest BCUT2D eigenvalue weighted by Gasteiger charge is -2.19. The van der Waals surface area contributed by atoms with Crippen LogP contribution in [0.15, 0.2) is 42.2 Å². The minimum absolute atomic E-state index is 0.147. The molecule has 0 aromatic heterocycles. The Labute approximate surface area is 162 Å². The van der Waals surface area contributed by atoms with Gasteiger partial charge in [0.05, 0.1) is 5.56 Å². The zero-order chi connectivity index (χ0) is 20.5. The fraction of sp³-hybridized carbons (Fsp3) is 0.273. The molecule has 0 saturated carbocycles. The van der Waals surface area contributed by atoms with Gasteiger partial charge in [-0.3, -0.25) is 4.79 Å². The van der Waals surface area contributed by atoms with Crippen molar-refractivity contribution in [3.05, 3.63) is 64.7 Å². The van der Waals surface area contributed by atoms with Crippen molar-refractivity contribution in [2.75, 3.05) is 6.61 Å². The van der Waals surface area contributed by atoms with Crippen LogP contribution >= 0.6 is 0 Å². The molecule has 28 heavy (non-hydrogen) atoms. The molecular formula is C22H21FO5. The monoisotopic (exact) mass is 384 g/mol. The number of hydrogen-bond donors (Lipinski definition) is 0. The fourth-order valence-electron chi connectivity index (χ4n) is 2.74. The summed E-state index contributed by atoms with van der Waals surface area (Å²) < 4.78 is 29.5. The summed E-state index contributed by atoms with van der Waals surface area (Å²) in [6, 6.07) is 8.97. The van der Waals surface area contributed by atoms with Gasteiger partial charge in [0.25, 0.3) is 0 Å². The third-order valence-electron chi connectivity index (χ3n) is 3.97. The molecule has 0 bridgehead atoms. The molecule has 146 valence electrons. The van der Waals surface area contributed by atoms with Crippen LogP contribution in [0, 0.1) is 12.7 Å². The molecule has 5 nitrogen and oxygen atoms in total. The topological polar surface area (TPSA) is 61.8 Å². The Bertz CT molecular complexity index is 952. The lowest BCUT2D eigenvalue weighted by Crippen LogP contribution is -2.27.